The monoisotopic (exact) mass is 310 g/mol. The molecule has 2 aromatic rings. The number of pyridine rings is 1. The van der Waals surface area contributed by atoms with E-state index >= 15 is 0 Å². The van der Waals surface area contributed by atoms with Crippen LogP contribution in [0.3, 0.4) is 0 Å². The molecule has 0 radical (unpaired) electrons. The normalized spacial score (nSPS) is 11.0. The first kappa shape index (κ1) is 15.1. The van der Waals surface area contributed by atoms with Crippen molar-refractivity contribution in [3.8, 4) is 23.1 Å². The summed E-state index contributed by atoms with van der Waals surface area (Å²) in [5.74, 6) is 1.46. The van der Waals surface area contributed by atoms with Gasteiger partial charge in [0.2, 0.25) is 21.7 Å². The number of sulfonamides is 1. The van der Waals surface area contributed by atoms with Crippen LogP contribution in [0.5, 0.6) is 23.1 Å². The van der Waals surface area contributed by atoms with E-state index in [0.717, 1.165) is 6.20 Å². The first-order valence-electron chi connectivity index (χ1n) is 5.83. The van der Waals surface area contributed by atoms with Crippen molar-refractivity contribution in [2.45, 2.75) is 4.90 Å². The fourth-order valence-electron chi connectivity index (χ4n) is 1.62. The molecule has 0 fully saturated rings. The Hall–Kier alpha value is -2.32. The molecule has 7 nitrogen and oxygen atoms in total. The Morgan fingerprint density at radius 1 is 1.05 bits per heavy atom. The maximum absolute atomic E-state index is 11.2. The van der Waals surface area contributed by atoms with E-state index in [-0.39, 0.29) is 10.8 Å². The van der Waals surface area contributed by atoms with Gasteiger partial charge in [0.1, 0.15) is 4.90 Å². The van der Waals surface area contributed by atoms with Crippen LogP contribution in [-0.2, 0) is 10.0 Å². The molecule has 2 rings (SSSR count). The van der Waals surface area contributed by atoms with Crippen LogP contribution in [0, 0.1) is 0 Å². The molecule has 0 saturated heterocycles. The number of benzene rings is 1. The highest BCUT2D eigenvalue weighted by molar-refractivity contribution is 7.89. The van der Waals surface area contributed by atoms with Crippen molar-refractivity contribution in [1.29, 1.82) is 0 Å². The molecular formula is C13H14N2O5S. The number of hydrogen-bond acceptors (Lipinski definition) is 6. The van der Waals surface area contributed by atoms with E-state index in [9.17, 15) is 8.42 Å². The molecule has 0 aliphatic rings. The summed E-state index contributed by atoms with van der Waals surface area (Å²) >= 11 is 0. The van der Waals surface area contributed by atoms with E-state index in [4.69, 9.17) is 19.3 Å². The Balaban J connectivity index is 2.34. The number of primary sulfonamides is 1. The maximum Gasteiger partial charge on any atom is 0.239 e. The van der Waals surface area contributed by atoms with Gasteiger partial charge in [0.05, 0.1) is 20.4 Å². The number of rotatable bonds is 5. The summed E-state index contributed by atoms with van der Waals surface area (Å²) in [6, 6.07) is 7.86. The second-order valence-electron chi connectivity index (χ2n) is 3.97. The van der Waals surface area contributed by atoms with Crippen LogP contribution >= 0.6 is 0 Å². The highest BCUT2D eigenvalue weighted by atomic mass is 32.2. The molecule has 0 aliphatic heterocycles. The lowest BCUT2D eigenvalue weighted by Gasteiger charge is -2.13. The van der Waals surface area contributed by atoms with Gasteiger partial charge in [0.25, 0.3) is 0 Å². The van der Waals surface area contributed by atoms with Crippen molar-refractivity contribution in [2.75, 3.05) is 14.2 Å². The highest BCUT2D eigenvalue weighted by Gasteiger charge is 2.14. The van der Waals surface area contributed by atoms with Gasteiger partial charge in [-0.1, -0.05) is 6.07 Å². The van der Waals surface area contributed by atoms with E-state index in [1.165, 1.54) is 26.4 Å². The van der Waals surface area contributed by atoms with Crippen molar-refractivity contribution in [3.05, 3.63) is 36.5 Å². The second-order valence-corrected chi connectivity index (χ2v) is 5.53. The molecule has 0 amide bonds. The van der Waals surface area contributed by atoms with E-state index in [1.807, 2.05) is 0 Å². The lowest BCUT2D eigenvalue weighted by Crippen LogP contribution is -2.12. The smallest absolute Gasteiger partial charge is 0.239 e. The Morgan fingerprint density at radius 2 is 1.67 bits per heavy atom. The summed E-state index contributed by atoms with van der Waals surface area (Å²) in [7, 11) is -0.787. The number of nitrogens with two attached hydrogens (primary N) is 1. The topological polar surface area (TPSA) is 101 Å². The van der Waals surface area contributed by atoms with Crippen LogP contribution in [0.2, 0.25) is 0 Å². The van der Waals surface area contributed by atoms with E-state index < -0.39 is 10.0 Å². The molecule has 0 unspecified atom stereocenters. The molecule has 0 bridgehead atoms. The van der Waals surface area contributed by atoms with Gasteiger partial charge < -0.3 is 14.2 Å². The molecule has 21 heavy (non-hydrogen) atoms. The van der Waals surface area contributed by atoms with Crippen LogP contribution in [-0.4, -0.2) is 27.6 Å². The molecule has 0 saturated carbocycles. The molecule has 8 heteroatoms. The summed E-state index contributed by atoms with van der Waals surface area (Å²) in [5.41, 5.74) is 0. The van der Waals surface area contributed by atoms with Crippen molar-refractivity contribution in [2.24, 2.45) is 5.14 Å². The Labute approximate surface area is 122 Å². The van der Waals surface area contributed by atoms with Gasteiger partial charge in [0.15, 0.2) is 11.5 Å². The minimum Gasteiger partial charge on any atom is -0.493 e. The van der Waals surface area contributed by atoms with Gasteiger partial charge >= 0.3 is 0 Å². The first-order valence-corrected chi connectivity index (χ1v) is 7.38. The summed E-state index contributed by atoms with van der Waals surface area (Å²) in [4.78, 5) is 3.80. The van der Waals surface area contributed by atoms with Crippen LogP contribution < -0.4 is 19.3 Å². The summed E-state index contributed by atoms with van der Waals surface area (Å²) in [5, 5.41) is 5.00. The molecule has 2 N–H and O–H groups in total. The molecule has 1 heterocycles. The van der Waals surface area contributed by atoms with E-state index in [1.54, 1.807) is 18.2 Å². The van der Waals surface area contributed by atoms with E-state index in [2.05, 4.69) is 4.98 Å². The molecule has 0 atom stereocenters. The average Bonchev–Trinajstić information content (AvgIpc) is 2.47. The molecular weight excluding hydrogens is 296 g/mol. The van der Waals surface area contributed by atoms with Crippen LogP contribution in [0.15, 0.2) is 41.4 Å². The van der Waals surface area contributed by atoms with Crippen molar-refractivity contribution >= 4 is 10.0 Å². The van der Waals surface area contributed by atoms with Crippen molar-refractivity contribution in [3.63, 3.8) is 0 Å². The summed E-state index contributed by atoms with van der Waals surface area (Å²) < 4.78 is 38.3. The molecule has 1 aromatic carbocycles. The molecule has 0 aliphatic carbocycles. The second kappa shape index (κ2) is 5.98. The lowest BCUT2D eigenvalue weighted by atomic mass is 10.3. The summed E-state index contributed by atoms with van der Waals surface area (Å²) in [6.07, 6.45) is 1.12. The maximum atomic E-state index is 11.2. The van der Waals surface area contributed by atoms with Gasteiger partial charge in [-0.3, -0.25) is 0 Å². The third-order valence-corrected chi connectivity index (χ3v) is 3.53. The predicted molar refractivity (Wildman–Crippen MR) is 75.2 cm³/mol. The van der Waals surface area contributed by atoms with Crippen LogP contribution in [0.1, 0.15) is 0 Å². The van der Waals surface area contributed by atoms with E-state index in [0.29, 0.717) is 17.2 Å². The predicted octanol–water partition coefficient (Wildman–Crippen LogP) is 1.54. The highest BCUT2D eigenvalue weighted by Crippen LogP contribution is 2.39. The van der Waals surface area contributed by atoms with Crippen molar-refractivity contribution < 1.29 is 22.6 Å². The third kappa shape index (κ3) is 3.41. The Kier molecular flexibility index (Phi) is 4.29. The lowest BCUT2D eigenvalue weighted by molar-refractivity contribution is 0.342. The quantitative estimate of drug-likeness (QED) is 0.899. The number of para-hydroxylation sites is 1. The largest absolute Gasteiger partial charge is 0.493 e. The van der Waals surface area contributed by atoms with Crippen molar-refractivity contribution in [1.82, 2.24) is 4.98 Å². The minimum absolute atomic E-state index is 0.0955. The number of nitrogens with zero attached hydrogens (tertiary/aromatic N) is 1. The zero-order valence-corrected chi connectivity index (χ0v) is 12.3. The number of aromatic nitrogens is 1. The molecule has 0 spiro atoms. The fraction of sp³-hybridized carbons (Fsp3) is 0.154. The fourth-order valence-corrected chi connectivity index (χ4v) is 2.08. The van der Waals surface area contributed by atoms with Gasteiger partial charge in [-0.25, -0.2) is 18.5 Å². The van der Waals surface area contributed by atoms with Crippen LogP contribution in [0.25, 0.3) is 0 Å². The molecule has 112 valence electrons. The standard InChI is InChI=1S/C13H14N2O5S/c1-18-10-4-3-5-11(19-2)13(10)20-12-7-6-9(8-15-12)21(14,16)17/h3-8H,1-2H3,(H2,14,16,17). The Morgan fingerprint density at radius 3 is 2.10 bits per heavy atom. The molecule has 1 aromatic heterocycles. The minimum atomic E-state index is -3.79. The number of hydrogen-bond donors (Lipinski definition) is 1. The number of methoxy groups -OCH3 is 2. The van der Waals surface area contributed by atoms with Gasteiger partial charge in [-0.2, -0.15) is 0 Å². The average molecular weight is 310 g/mol. The van der Waals surface area contributed by atoms with Gasteiger partial charge in [-0.15, -0.1) is 0 Å². The summed E-state index contributed by atoms with van der Waals surface area (Å²) in [6.45, 7) is 0. The third-order valence-electron chi connectivity index (χ3n) is 2.63. The Bertz CT molecular complexity index is 706. The van der Waals surface area contributed by atoms with Gasteiger partial charge in [-0.05, 0) is 18.2 Å². The SMILES string of the molecule is COc1cccc(OC)c1Oc1ccc(S(N)(=O)=O)cn1. The first-order chi connectivity index (χ1) is 9.95. The van der Waals surface area contributed by atoms with Crippen LogP contribution in [0.4, 0.5) is 0 Å². The number of ether oxygens (including phenoxy) is 3. The zero-order chi connectivity index (χ0) is 15.5. The van der Waals surface area contributed by atoms with Gasteiger partial charge in [0, 0.05) is 6.07 Å². The zero-order valence-electron chi connectivity index (χ0n) is 11.4.